The van der Waals surface area contributed by atoms with Gasteiger partial charge >= 0.3 is 0 Å². The number of amides is 1. The van der Waals surface area contributed by atoms with Crippen LogP contribution in [-0.2, 0) is 17.8 Å². The second-order valence-corrected chi connectivity index (χ2v) is 5.35. The fraction of sp³-hybridized carbons (Fsp3) is 0.118. The van der Waals surface area contributed by atoms with Gasteiger partial charge in [-0.1, -0.05) is 12.1 Å². The monoisotopic (exact) mass is 337 g/mol. The van der Waals surface area contributed by atoms with Crippen molar-refractivity contribution >= 4 is 11.6 Å². The van der Waals surface area contributed by atoms with Crippen LogP contribution in [0.5, 0.6) is 0 Å². The van der Waals surface area contributed by atoms with E-state index in [-0.39, 0.29) is 18.0 Å². The fourth-order valence-corrected chi connectivity index (χ4v) is 2.28. The Hall–Kier alpha value is -3.55. The highest BCUT2D eigenvalue weighted by Crippen LogP contribution is 2.12. The highest BCUT2D eigenvalue weighted by Gasteiger charge is 2.08. The van der Waals surface area contributed by atoms with Gasteiger partial charge in [-0.25, -0.2) is 9.67 Å². The standard InChI is InChI=1S/C17H15N5O3/c23-17(11-13-2-4-15(5-3-13)22(24)25)19-12-14-6-8-18-16(10-14)21-9-1-7-20-21/h1-10H,11-12H2,(H,19,23). The minimum atomic E-state index is -0.468. The number of benzene rings is 1. The maximum atomic E-state index is 12.0. The molecule has 8 heteroatoms. The average molecular weight is 337 g/mol. The summed E-state index contributed by atoms with van der Waals surface area (Å²) in [5.41, 5.74) is 1.62. The molecular weight excluding hydrogens is 322 g/mol. The topological polar surface area (TPSA) is 103 Å². The molecule has 0 fully saturated rings. The Morgan fingerprint density at radius 3 is 2.64 bits per heavy atom. The Morgan fingerprint density at radius 2 is 1.96 bits per heavy atom. The second-order valence-electron chi connectivity index (χ2n) is 5.35. The molecule has 0 spiro atoms. The third-order valence-electron chi connectivity index (χ3n) is 3.55. The Kier molecular flexibility index (Phi) is 4.79. The molecule has 25 heavy (non-hydrogen) atoms. The Bertz CT molecular complexity index is 876. The molecule has 3 aromatic rings. The van der Waals surface area contributed by atoms with Crippen LogP contribution in [0.2, 0.25) is 0 Å². The van der Waals surface area contributed by atoms with Gasteiger partial charge in [-0.2, -0.15) is 5.10 Å². The SMILES string of the molecule is O=C(Cc1ccc([N+](=O)[O-])cc1)NCc1ccnc(-n2cccn2)c1. The second kappa shape index (κ2) is 7.35. The normalized spacial score (nSPS) is 10.4. The minimum absolute atomic E-state index is 0.00657. The third-order valence-corrected chi connectivity index (χ3v) is 3.55. The average Bonchev–Trinajstić information content (AvgIpc) is 3.15. The number of pyridine rings is 1. The van der Waals surface area contributed by atoms with Gasteiger partial charge in [0.2, 0.25) is 5.91 Å². The number of nitro groups is 1. The first-order valence-corrected chi connectivity index (χ1v) is 7.57. The maximum Gasteiger partial charge on any atom is 0.269 e. The van der Waals surface area contributed by atoms with E-state index < -0.39 is 4.92 Å². The Balaban J connectivity index is 1.57. The van der Waals surface area contributed by atoms with Crippen molar-refractivity contribution in [2.24, 2.45) is 0 Å². The summed E-state index contributed by atoms with van der Waals surface area (Å²) in [5, 5.41) is 17.6. The zero-order valence-corrected chi connectivity index (χ0v) is 13.2. The van der Waals surface area contributed by atoms with Gasteiger partial charge in [0, 0.05) is 37.3 Å². The van der Waals surface area contributed by atoms with E-state index >= 15 is 0 Å². The summed E-state index contributed by atoms with van der Waals surface area (Å²) in [6.45, 7) is 0.364. The van der Waals surface area contributed by atoms with Gasteiger partial charge < -0.3 is 5.32 Å². The number of hydrogen-bond donors (Lipinski definition) is 1. The number of rotatable bonds is 6. The van der Waals surface area contributed by atoms with E-state index in [0.29, 0.717) is 12.4 Å². The van der Waals surface area contributed by atoms with Gasteiger partial charge in [-0.05, 0) is 29.3 Å². The molecular formula is C17H15N5O3. The van der Waals surface area contributed by atoms with Crippen molar-refractivity contribution in [2.75, 3.05) is 0 Å². The third kappa shape index (κ3) is 4.25. The molecule has 0 aliphatic carbocycles. The lowest BCUT2D eigenvalue weighted by molar-refractivity contribution is -0.384. The lowest BCUT2D eigenvalue weighted by Crippen LogP contribution is -2.24. The number of nitro benzene ring substituents is 1. The van der Waals surface area contributed by atoms with Crippen molar-refractivity contribution < 1.29 is 9.72 Å². The molecule has 1 amide bonds. The number of hydrogen-bond acceptors (Lipinski definition) is 5. The number of carbonyl (C=O) groups excluding carboxylic acids is 1. The molecule has 8 nitrogen and oxygen atoms in total. The van der Waals surface area contributed by atoms with Crippen LogP contribution < -0.4 is 5.32 Å². The minimum Gasteiger partial charge on any atom is -0.352 e. The lowest BCUT2D eigenvalue weighted by Gasteiger charge is -2.07. The highest BCUT2D eigenvalue weighted by molar-refractivity contribution is 5.78. The van der Waals surface area contributed by atoms with Crippen LogP contribution in [0.3, 0.4) is 0 Å². The summed E-state index contributed by atoms with van der Waals surface area (Å²) in [6.07, 6.45) is 5.28. The van der Waals surface area contributed by atoms with Crippen LogP contribution in [0.1, 0.15) is 11.1 Å². The van der Waals surface area contributed by atoms with E-state index in [1.165, 1.54) is 12.1 Å². The summed E-state index contributed by atoms with van der Waals surface area (Å²) >= 11 is 0. The Morgan fingerprint density at radius 1 is 1.16 bits per heavy atom. The van der Waals surface area contributed by atoms with Gasteiger partial charge in [0.15, 0.2) is 5.82 Å². The lowest BCUT2D eigenvalue weighted by atomic mass is 10.1. The van der Waals surface area contributed by atoms with E-state index in [2.05, 4.69) is 15.4 Å². The van der Waals surface area contributed by atoms with Gasteiger partial charge in [0.05, 0.1) is 11.3 Å². The van der Waals surface area contributed by atoms with E-state index in [9.17, 15) is 14.9 Å². The van der Waals surface area contributed by atoms with Gasteiger partial charge in [0.1, 0.15) is 0 Å². The molecule has 0 saturated heterocycles. The molecule has 3 rings (SSSR count). The predicted molar refractivity (Wildman–Crippen MR) is 90.0 cm³/mol. The van der Waals surface area contributed by atoms with Crippen molar-refractivity contribution in [1.29, 1.82) is 0 Å². The molecule has 0 saturated carbocycles. The van der Waals surface area contributed by atoms with Crippen LogP contribution >= 0.6 is 0 Å². The zero-order chi connectivity index (χ0) is 17.6. The molecule has 1 N–H and O–H groups in total. The summed E-state index contributed by atoms with van der Waals surface area (Å²) < 4.78 is 1.64. The molecule has 2 aromatic heterocycles. The van der Waals surface area contributed by atoms with E-state index in [4.69, 9.17) is 0 Å². The summed E-state index contributed by atoms with van der Waals surface area (Å²) in [6, 6.07) is 11.4. The molecule has 126 valence electrons. The smallest absolute Gasteiger partial charge is 0.269 e. The predicted octanol–water partition coefficient (Wildman–Crippen LogP) is 2.03. The molecule has 0 unspecified atom stereocenters. The van der Waals surface area contributed by atoms with E-state index in [0.717, 1.165) is 11.1 Å². The van der Waals surface area contributed by atoms with Gasteiger partial charge in [-0.15, -0.1) is 0 Å². The first-order chi connectivity index (χ1) is 12.1. The van der Waals surface area contributed by atoms with Crippen molar-refractivity contribution in [3.63, 3.8) is 0 Å². The summed E-state index contributed by atoms with van der Waals surface area (Å²) in [7, 11) is 0. The molecule has 0 bridgehead atoms. The molecule has 0 radical (unpaired) electrons. The first kappa shape index (κ1) is 16.3. The van der Waals surface area contributed by atoms with Gasteiger partial charge in [0.25, 0.3) is 5.69 Å². The molecule has 0 atom stereocenters. The summed E-state index contributed by atoms with van der Waals surface area (Å²) in [4.78, 5) is 26.4. The molecule has 2 heterocycles. The highest BCUT2D eigenvalue weighted by atomic mass is 16.6. The number of non-ortho nitro benzene ring substituents is 1. The van der Waals surface area contributed by atoms with E-state index in [1.54, 1.807) is 41.5 Å². The van der Waals surface area contributed by atoms with Crippen LogP contribution in [0.15, 0.2) is 61.1 Å². The van der Waals surface area contributed by atoms with Gasteiger partial charge in [-0.3, -0.25) is 14.9 Å². The van der Waals surface area contributed by atoms with Crippen LogP contribution in [0.4, 0.5) is 5.69 Å². The molecule has 0 aliphatic heterocycles. The maximum absolute atomic E-state index is 12.0. The quantitative estimate of drug-likeness (QED) is 0.547. The number of aromatic nitrogens is 3. The fourth-order valence-electron chi connectivity index (χ4n) is 2.28. The van der Waals surface area contributed by atoms with Crippen LogP contribution in [0, 0.1) is 10.1 Å². The molecule has 1 aromatic carbocycles. The van der Waals surface area contributed by atoms with Crippen LogP contribution in [-0.4, -0.2) is 25.6 Å². The van der Waals surface area contributed by atoms with Crippen LogP contribution in [0.25, 0.3) is 5.82 Å². The largest absolute Gasteiger partial charge is 0.352 e. The van der Waals surface area contributed by atoms with Crippen molar-refractivity contribution in [3.05, 3.63) is 82.3 Å². The first-order valence-electron chi connectivity index (χ1n) is 7.57. The number of carbonyl (C=O) groups is 1. The molecule has 0 aliphatic rings. The summed E-state index contributed by atoms with van der Waals surface area (Å²) in [5.74, 6) is 0.512. The zero-order valence-electron chi connectivity index (χ0n) is 13.2. The van der Waals surface area contributed by atoms with Crippen molar-refractivity contribution in [1.82, 2.24) is 20.1 Å². The number of nitrogens with zero attached hydrogens (tertiary/aromatic N) is 4. The van der Waals surface area contributed by atoms with Crippen molar-refractivity contribution in [3.8, 4) is 5.82 Å². The number of nitrogens with one attached hydrogen (secondary N) is 1. The Labute approximate surface area is 143 Å². The van der Waals surface area contributed by atoms with Crippen molar-refractivity contribution in [2.45, 2.75) is 13.0 Å². The van der Waals surface area contributed by atoms with E-state index in [1.807, 2.05) is 12.1 Å².